The fourth-order valence-electron chi connectivity index (χ4n) is 1.41. The summed E-state index contributed by atoms with van der Waals surface area (Å²) < 4.78 is 0. The van der Waals surface area contributed by atoms with Crippen molar-refractivity contribution in [1.29, 1.82) is 5.26 Å². The van der Waals surface area contributed by atoms with Crippen molar-refractivity contribution < 1.29 is 0 Å². The number of halogens is 2. The van der Waals surface area contributed by atoms with Gasteiger partial charge in [0.2, 0.25) is 0 Å². The van der Waals surface area contributed by atoms with Gasteiger partial charge in [0.1, 0.15) is 11.1 Å². The van der Waals surface area contributed by atoms with Gasteiger partial charge < -0.3 is 0 Å². The number of nitrogens with zero attached hydrogens (tertiary/aromatic N) is 2. The Kier molecular flexibility index (Phi) is 4.03. The highest BCUT2D eigenvalue weighted by Gasteiger charge is 2.08. The summed E-state index contributed by atoms with van der Waals surface area (Å²) >= 11 is 13.5. The average Bonchev–Trinajstić information content (AvgIpc) is 2.78. The molecule has 0 aliphatic carbocycles. The van der Waals surface area contributed by atoms with Crippen molar-refractivity contribution in [2.24, 2.45) is 0 Å². The van der Waals surface area contributed by atoms with Crippen LogP contribution in [0.3, 0.4) is 0 Å². The van der Waals surface area contributed by atoms with E-state index in [9.17, 15) is 5.26 Å². The molecule has 5 heteroatoms. The summed E-state index contributed by atoms with van der Waals surface area (Å²) in [6.45, 7) is 1.89. The first kappa shape index (κ1) is 13.1. The minimum absolute atomic E-state index is 0.445. The van der Waals surface area contributed by atoms with Crippen molar-refractivity contribution in [2.75, 3.05) is 0 Å². The Labute approximate surface area is 119 Å². The second-order valence-electron chi connectivity index (χ2n) is 3.61. The van der Waals surface area contributed by atoms with E-state index in [1.54, 1.807) is 18.2 Å². The summed E-state index contributed by atoms with van der Waals surface area (Å²) in [6.07, 6.45) is 1.70. The third-order valence-corrected chi connectivity index (χ3v) is 4.08. The third-order valence-electron chi connectivity index (χ3n) is 2.25. The highest BCUT2D eigenvalue weighted by atomic mass is 35.5. The molecule has 0 spiro atoms. The molecule has 2 aromatic rings. The fraction of sp³-hybridized carbons (Fsp3) is 0.0769. The number of aryl methyl sites for hydroxylation is 1. The first-order chi connectivity index (χ1) is 8.61. The molecule has 1 heterocycles. The quantitative estimate of drug-likeness (QED) is 0.744. The molecule has 90 valence electrons. The molecule has 0 N–H and O–H groups in total. The summed E-state index contributed by atoms with van der Waals surface area (Å²) in [5, 5.41) is 12.7. The Morgan fingerprint density at radius 1 is 1.44 bits per heavy atom. The largest absolute Gasteiger partial charge is 0.241 e. The lowest BCUT2D eigenvalue weighted by Crippen LogP contribution is -1.83. The fourth-order valence-corrected chi connectivity index (χ4v) is 2.53. The first-order valence-electron chi connectivity index (χ1n) is 5.10. The van der Waals surface area contributed by atoms with Crippen LogP contribution in [0.1, 0.15) is 16.3 Å². The number of allylic oxidation sites excluding steroid dienone is 1. The van der Waals surface area contributed by atoms with E-state index in [1.165, 1.54) is 11.3 Å². The Bertz CT molecular complexity index is 653. The Balaban J connectivity index is 2.48. The number of hydrogen-bond acceptors (Lipinski definition) is 3. The lowest BCUT2D eigenvalue weighted by atomic mass is 10.1. The summed E-state index contributed by atoms with van der Waals surface area (Å²) in [7, 11) is 0. The molecule has 0 aliphatic heterocycles. The second kappa shape index (κ2) is 5.53. The van der Waals surface area contributed by atoms with Crippen molar-refractivity contribution in [2.45, 2.75) is 6.92 Å². The van der Waals surface area contributed by atoms with Gasteiger partial charge in [-0.3, -0.25) is 0 Å². The third kappa shape index (κ3) is 2.73. The van der Waals surface area contributed by atoms with Gasteiger partial charge in [0, 0.05) is 11.1 Å². The molecular formula is C13H8Cl2N2S. The van der Waals surface area contributed by atoms with Crippen LogP contribution >= 0.6 is 34.5 Å². The van der Waals surface area contributed by atoms with E-state index in [1.807, 2.05) is 18.4 Å². The number of hydrogen-bond donors (Lipinski definition) is 0. The van der Waals surface area contributed by atoms with Gasteiger partial charge in [-0.05, 0) is 24.6 Å². The minimum atomic E-state index is 0.445. The molecule has 0 saturated heterocycles. The summed E-state index contributed by atoms with van der Waals surface area (Å²) in [5.74, 6) is 0. The number of thiazole rings is 1. The van der Waals surface area contributed by atoms with Gasteiger partial charge in [-0.15, -0.1) is 11.3 Å². The molecule has 0 unspecified atom stereocenters. The van der Waals surface area contributed by atoms with Crippen LogP contribution in [0.2, 0.25) is 10.0 Å². The van der Waals surface area contributed by atoms with Crippen LogP contribution in [0.4, 0.5) is 0 Å². The summed E-state index contributed by atoms with van der Waals surface area (Å²) in [6, 6.07) is 7.45. The van der Waals surface area contributed by atoms with Gasteiger partial charge in [0.25, 0.3) is 0 Å². The van der Waals surface area contributed by atoms with Gasteiger partial charge >= 0.3 is 0 Å². The molecule has 2 rings (SSSR count). The lowest BCUT2D eigenvalue weighted by Gasteiger charge is -2.00. The van der Waals surface area contributed by atoms with Crippen molar-refractivity contribution in [3.05, 3.63) is 49.9 Å². The molecule has 0 amide bonds. The zero-order valence-corrected chi connectivity index (χ0v) is 11.8. The lowest BCUT2D eigenvalue weighted by molar-refractivity contribution is 1.25. The molecule has 0 radical (unpaired) electrons. The minimum Gasteiger partial charge on any atom is -0.241 e. The average molecular weight is 295 g/mol. The Morgan fingerprint density at radius 3 is 2.83 bits per heavy atom. The molecule has 0 fully saturated rings. The monoisotopic (exact) mass is 294 g/mol. The molecule has 0 bridgehead atoms. The molecule has 1 aromatic heterocycles. The van der Waals surface area contributed by atoms with E-state index in [4.69, 9.17) is 23.2 Å². The predicted molar refractivity (Wildman–Crippen MR) is 76.8 cm³/mol. The number of benzene rings is 1. The molecule has 0 saturated carbocycles. The highest BCUT2D eigenvalue weighted by Crippen LogP contribution is 2.29. The smallest absolute Gasteiger partial charge is 0.134 e. The molecule has 2 nitrogen and oxygen atoms in total. The zero-order valence-electron chi connectivity index (χ0n) is 9.45. The van der Waals surface area contributed by atoms with Gasteiger partial charge in [0.05, 0.1) is 15.6 Å². The van der Waals surface area contributed by atoms with E-state index in [-0.39, 0.29) is 0 Å². The maximum absolute atomic E-state index is 9.18. The molecule has 0 aliphatic rings. The summed E-state index contributed by atoms with van der Waals surface area (Å²) in [4.78, 5) is 4.28. The van der Waals surface area contributed by atoms with E-state index in [2.05, 4.69) is 11.1 Å². The first-order valence-corrected chi connectivity index (χ1v) is 6.73. The van der Waals surface area contributed by atoms with Crippen LogP contribution in [0, 0.1) is 18.3 Å². The maximum atomic E-state index is 9.18. The number of rotatable bonds is 2. The van der Waals surface area contributed by atoms with Gasteiger partial charge in [-0.25, -0.2) is 4.98 Å². The van der Waals surface area contributed by atoms with Crippen molar-refractivity contribution in [3.63, 3.8) is 0 Å². The van der Waals surface area contributed by atoms with Crippen LogP contribution in [0.25, 0.3) is 11.6 Å². The van der Waals surface area contributed by atoms with E-state index in [0.717, 1.165) is 5.69 Å². The topological polar surface area (TPSA) is 36.7 Å². The normalized spacial score (nSPS) is 11.3. The van der Waals surface area contributed by atoms with E-state index >= 15 is 0 Å². The number of aromatic nitrogens is 1. The highest BCUT2D eigenvalue weighted by molar-refractivity contribution is 7.11. The molecule has 0 atom stereocenters. The predicted octanol–water partition coefficient (Wildman–Crippen LogP) is 4.82. The summed E-state index contributed by atoms with van der Waals surface area (Å²) in [5.41, 5.74) is 2.10. The van der Waals surface area contributed by atoms with Crippen molar-refractivity contribution in [3.8, 4) is 6.07 Å². The molecule has 18 heavy (non-hydrogen) atoms. The van der Waals surface area contributed by atoms with Crippen LogP contribution in [-0.2, 0) is 0 Å². The SMILES string of the molecule is Cc1csc(/C(C#N)=C\c2cccc(Cl)c2Cl)n1. The zero-order chi connectivity index (χ0) is 13.1. The van der Waals surface area contributed by atoms with E-state index < -0.39 is 0 Å². The standard InChI is InChI=1S/C13H8Cl2N2S/c1-8-7-18-13(17-8)10(6-16)5-9-3-2-4-11(14)12(9)15/h2-5,7H,1H3/b10-5-. The van der Waals surface area contributed by atoms with Gasteiger partial charge in [-0.1, -0.05) is 35.3 Å². The van der Waals surface area contributed by atoms with E-state index in [0.29, 0.717) is 26.2 Å². The molecule has 1 aromatic carbocycles. The second-order valence-corrected chi connectivity index (χ2v) is 5.25. The van der Waals surface area contributed by atoms with Crippen molar-refractivity contribution >= 4 is 46.2 Å². The Morgan fingerprint density at radius 2 is 2.22 bits per heavy atom. The van der Waals surface area contributed by atoms with Crippen LogP contribution in [0.15, 0.2) is 23.6 Å². The van der Waals surface area contributed by atoms with Gasteiger partial charge in [-0.2, -0.15) is 5.26 Å². The maximum Gasteiger partial charge on any atom is 0.134 e. The van der Waals surface area contributed by atoms with Crippen LogP contribution in [-0.4, -0.2) is 4.98 Å². The van der Waals surface area contributed by atoms with Crippen molar-refractivity contribution in [1.82, 2.24) is 4.98 Å². The van der Waals surface area contributed by atoms with Gasteiger partial charge in [0.15, 0.2) is 0 Å². The number of nitriles is 1. The van der Waals surface area contributed by atoms with Crippen LogP contribution in [0.5, 0.6) is 0 Å². The molecular weight excluding hydrogens is 287 g/mol. The Hall–Kier alpha value is -1.34. The van der Waals surface area contributed by atoms with Crippen LogP contribution < -0.4 is 0 Å².